The lowest BCUT2D eigenvalue weighted by Gasteiger charge is -2.07. The van der Waals surface area contributed by atoms with Gasteiger partial charge in [-0.15, -0.1) is 0 Å². The van der Waals surface area contributed by atoms with E-state index >= 15 is 0 Å². The van der Waals surface area contributed by atoms with Crippen LogP contribution in [0.3, 0.4) is 0 Å². The van der Waals surface area contributed by atoms with Gasteiger partial charge in [-0.25, -0.2) is 17.9 Å². The molecule has 0 fully saturated rings. The number of fused-ring (bicyclic) bond motifs is 1. The maximum atomic E-state index is 12.5. The van der Waals surface area contributed by atoms with Crippen LogP contribution in [-0.2, 0) is 32.5 Å². The van der Waals surface area contributed by atoms with Gasteiger partial charge in [0.1, 0.15) is 6.54 Å². The number of aryl methyl sites for hydroxylation is 1. The van der Waals surface area contributed by atoms with E-state index in [2.05, 4.69) is 9.46 Å². The zero-order valence-electron chi connectivity index (χ0n) is 15.3. The largest absolute Gasteiger partial charge is 0.468 e. The molecule has 0 atom stereocenters. The number of hydrogen-bond donors (Lipinski definition) is 1. The third kappa shape index (κ3) is 4.49. The molecule has 0 bridgehead atoms. The molecule has 2 aromatic carbocycles. The second-order valence-corrected chi connectivity index (χ2v) is 7.91. The molecule has 9 heteroatoms. The van der Waals surface area contributed by atoms with E-state index in [1.165, 1.54) is 25.3 Å². The fraction of sp³-hybridized carbons (Fsp3) is 0.263. The molecule has 1 heterocycles. The van der Waals surface area contributed by atoms with Crippen molar-refractivity contribution in [1.82, 2.24) is 9.29 Å². The third-order valence-corrected chi connectivity index (χ3v) is 5.70. The van der Waals surface area contributed by atoms with E-state index in [9.17, 15) is 18.0 Å². The summed E-state index contributed by atoms with van der Waals surface area (Å²) in [6.45, 7) is -0.0330. The van der Waals surface area contributed by atoms with Crippen LogP contribution in [0.15, 0.2) is 62.6 Å². The van der Waals surface area contributed by atoms with Gasteiger partial charge in [0, 0.05) is 12.6 Å². The van der Waals surface area contributed by atoms with Crippen LogP contribution in [0.5, 0.6) is 0 Å². The van der Waals surface area contributed by atoms with E-state index in [4.69, 9.17) is 4.42 Å². The first kappa shape index (κ1) is 19.8. The molecular weight excluding hydrogens is 384 g/mol. The first-order chi connectivity index (χ1) is 13.4. The molecule has 0 aliphatic rings. The number of aromatic nitrogens is 1. The van der Waals surface area contributed by atoms with Crippen LogP contribution in [0.25, 0.3) is 11.1 Å². The number of esters is 1. The fourth-order valence-electron chi connectivity index (χ4n) is 2.78. The second kappa shape index (κ2) is 8.41. The quantitative estimate of drug-likeness (QED) is 0.452. The minimum absolute atomic E-state index is 0.0151. The van der Waals surface area contributed by atoms with E-state index in [0.29, 0.717) is 11.9 Å². The molecule has 3 rings (SSSR count). The summed E-state index contributed by atoms with van der Waals surface area (Å²) in [5.74, 6) is -1.37. The molecule has 28 heavy (non-hydrogen) atoms. The molecular formula is C19H20N2O6S. The number of rotatable bonds is 8. The van der Waals surface area contributed by atoms with Gasteiger partial charge in [-0.3, -0.25) is 9.36 Å². The Bertz CT molecular complexity index is 1130. The lowest BCUT2D eigenvalue weighted by Crippen LogP contribution is -2.25. The van der Waals surface area contributed by atoms with Crippen molar-refractivity contribution in [3.8, 4) is 0 Å². The summed E-state index contributed by atoms with van der Waals surface area (Å²) in [4.78, 5) is 23.3. The normalized spacial score (nSPS) is 11.6. The third-order valence-electron chi connectivity index (χ3n) is 4.24. The van der Waals surface area contributed by atoms with E-state index in [0.717, 1.165) is 16.6 Å². The SMILES string of the molecule is COC(=O)Cn1c(=O)oc2cc(S(=O)(=O)NCCCc3ccccc3)ccc21. The molecule has 8 nitrogen and oxygen atoms in total. The number of hydrogen-bond acceptors (Lipinski definition) is 6. The average Bonchev–Trinajstić information content (AvgIpc) is 3.00. The second-order valence-electron chi connectivity index (χ2n) is 6.15. The molecule has 0 aliphatic heterocycles. The Hall–Kier alpha value is -2.91. The van der Waals surface area contributed by atoms with Crippen LogP contribution in [0.2, 0.25) is 0 Å². The van der Waals surface area contributed by atoms with Crippen LogP contribution >= 0.6 is 0 Å². The molecule has 3 aromatic rings. The average molecular weight is 404 g/mol. The van der Waals surface area contributed by atoms with Gasteiger partial charge in [-0.1, -0.05) is 30.3 Å². The van der Waals surface area contributed by atoms with Gasteiger partial charge in [0.15, 0.2) is 5.58 Å². The van der Waals surface area contributed by atoms with Crippen LogP contribution < -0.4 is 10.5 Å². The number of sulfonamides is 1. The number of nitrogens with one attached hydrogen (secondary N) is 1. The van der Waals surface area contributed by atoms with Crippen LogP contribution in [-0.4, -0.2) is 32.6 Å². The Morgan fingerprint density at radius 2 is 1.93 bits per heavy atom. The summed E-state index contributed by atoms with van der Waals surface area (Å²) >= 11 is 0. The number of benzene rings is 2. The van der Waals surface area contributed by atoms with Crippen molar-refractivity contribution in [2.24, 2.45) is 0 Å². The highest BCUT2D eigenvalue weighted by Crippen LogP contribution is 2.18. The van der Waals surface area contributed by atoms with Gasteiger partial charge < -0.3 is 9.15 Å². The van der Waals surface area contributed by atoms with Gasteiger partial charge >= 0.3 is 11.7 Å². The van der Waals surface area contributed by atoms with Crippen molar-refractivity contribution in [2.45, 2.75) is 24.3 Å². The fourth-order valence-corrected chi connectivity index (χ4v) is 3.87. The maximum absolute atomic E-state index is 12.5. The van der Waals surface area contributed by atoms with Gasteiger partial charge in [0.2, 0.25) is 10.0 Å². The van der Waals surface area contributed by atoms with Crippen molar-refractivity contribution in [3.63, 3.8) is 0 Å². The Morgan fingerprint density at radius 1 is 1.18 bits per heavy atom. The van der Waals surface area contributed by atoms with Crippen molar-refractivity contribution in [2.75, 3.05) is 13.7 Å². The van der Waals surface area contributed by atoms with Crippen molar-refractivity contribution in [1.29, 1.82) is 0 Å². The summed E-state index contributed by atoms with van der Waals surface area (Å²) in [6, 6.07) is 13.9. The molecule has 0 saturated carbocycles. The standard InChI is InChI=1S/C19H20N2O6S/c1-26-18(22)13-21-16-10-9-15(12-17(16)27-19(21)23)28(24,25)20-11-5-8-14-6-3-2-4-7-14/h2-4,6-7,9-10,12,20H,5,8,11,13H2,1H3. The first-order valence-electron chi connectivity index (χ1n) is 8.64. The zero-order valence-corrected chi connectivity index (χ0v) is 16.1. The smallest absolute Gasteiger partial charge is 0.420 e. The molecule has 0 saturated heterocycles. The van der Waals surface area contributed by atoms with Crippen LogP contribution in [0.1, 0.15) is 12.0 Å². The highest BCUT2D eigenvalue weighted by Gasteiger charge is 2.18. The number of nitrogens with zero attached hydrogens (tertiary/aromatic N) is 1. The Kier molecular flexibility index (Phi) is 5.96. The molecule has 0 amide bonds. The number of ether oxygens (including phenoxy) is 1. The molecule has 0 spiro atoms. The highest BCUT2D eigenvalue weighted by atomic mass is 32.2. The van der Waals surface area contributed by atoms with Crippen molar-refractivity contribution < 1.29 is 22.4 Å². The zero-order chi connectivity index (χ0) is 20.1. The number of oxazole rings is 1. The van der Waals surface area contributed by atoms with Crippen molar-refractivity contribution in [3.05, 3.63) is 64.6 Å². The van der Waals surface area contributed by atoms with Crippen LogP contribution in [0.4, 0.5) is 0 Å². The molecule has 0 unspecified atom stereocenters. The van der Waals surface area contributed by atoms with E-state index in [1.54, 1.807) is 0 Å². The summed E-state index contributed by atoms with van der Waals surface area (Å²) in [5.41, 5.74) is 1.54. The predicted molar refractivity (Wildman–Crippen MR) is 102 cm³/mol. The van der Waals surface area contributed by atoms with Gasteiger partial charge in [0.25, 0.3) is 0 Å². The Balaban J connectivity index is 1.71. The first-order valence-corrected chi connectivity index (χ1v) is 10.1. The minimum atomic E-state index is -3.75. The number of methoxy groups -OCH3 is 1. The van der Waals surface area contributed by atoms with Crippen LogP contribution in [0, 0.1) is 0 Å². The maximum Gasteiger partial charge on any atom is 0.420 e. The molecule has 1 N–H and O–H groups in total. The van der Waals surface area contributed by atoms with E-state index in [1.807, 2.05) is 30.3 Å². The number of carbonyl (C=O) groups is 1. The molecule has 0 aliphatic carbocycles. The Morgan fingerprint density at radius 3 is 2.64 bits per heavy atom. The van der Waals surface area contributed by atoms with E-state index in [-0.39, 0.29) is 23.6 Å². The van der Waals surface area contributed by atoms with Crippen molar-refractivity contribution >= 4 is 27.1 Å². The summed E-state index contributed by atoms with van der Waals surface area (Å²) in [7, 11) is -2.54. The van der Waals surface area contributed by atoms with Gasteiger partial charge in [-0.2, -0.15) is 0 Å². The predicted octanol–water partition coefficient (Wildman–Crippen LogP) is 1.68. The van der Waals surface area contributed by atoms with Gasteiger partial charge in [0.05, 0.1) is 17.5 Å². The lowest BCUT2D eigenvalue weighted by molar-refractivity contribution is -0.141. The van der Waals surface area contributed by atoms with E-state index < -0.39 is 21.7 Å². The van der Waals surface area contributed by atoms with Gasteiger partial charge in [-0.05, 0) is 30.5 Å². The monoisotopic (exact) mass is 404 g/mol. The lowest BCUT2D eigenvalue weighted by atomic mass is 10.1. The highest BCUT2D eigenvalue weighted by molar-refractivity contribution is 7.89. The summed E-state index contributed by atoms with van der Waals surface area (Å²) in [5, 5.41) is 0. The topological polar surface area (TPSA) is 108 Å². The summed E-state index contributed by atoms with van der Waals surface area (Å²) < 4.78 is 38.2. The minimum Gasteiger partial charge on any atom is -0.468 e. The molecule has 1 aromatic heterocycles. The number of carbonyl (C=O) groups excluding carboxylic acids is 1. The summed E-state index contributed by atoms with van der Waals surface area (Å²) in [6.07, 6.45) is 1.41. The Labute approximate surface area is 161 Å². The molecule has 148 valence electrons. The molecule has 0 radical (unpaired) electrons.